The van der Waals surface area contributed by atoms with E-state index in [9.17, 15) is 4.79 Å². The summed E-state index contributed by atoms with van der Waals surface area (Å²) >= 11 is 1.65. The fourth-order valence-electron chi connectivity index (χ4n) is 2.20. The lowest BCUT2D eigenvalue weighted by molar-refractivity contribution is -0.129. The molecule has 4 heteroatoms. The van der Waals surface area contributed by atoms with Crippen molar-refractivity contribution < 1.29 is 9.53 Å². The molecule has 1 aliphatic rings. The minimum Gasteiger partial charge on any atom is -0.374 e. The van der Waals surface area contributed by atoms with Gasteiger partial charge in [-0.1, -0.05) is 0 Å². The smallest absolute Gasteiger partial charge is 0.143 e. The highest BCUT2D eigenvalue weighted by molar-refractivity contribution is 7.10. The van der Waals surface area contributed by atoms with E-state index in [0.717, 1.165) is 18.0 Å². The SMILES string of the molecule is CC(=O)C(C)(c1cc(C)cs1)C1CNCCO1. The Morgan fingerprint density at radius 2 is 2.41 bits per heavy atom. The van der Waals surface area contributed by atoms with Gasteiger partial charge in [-0.15, -0.1) is 11.3 Å². The standard InChI is InChI=1S/C13H19NO2S/c1-9-6-12(17-8-9)13(3,10(2)15)11-7-14-4-5-16-11/h6,8,11,14H,4-5,7H2,1-3H3. The molecule has 2 rings (SSSR count). The number of aryl methyl sites for hydroxylation is 1. The quantitative estimate of drug-likeness (QED) is 0.894. The molecular formula is C13H19NO2S. The van der Waals surface area contributed by atoms with Crippen LogP contribution in [-0.4, -0.2) is 31.6 Å². The average Bonchev–Trinajstić information content (AvgIpc) is 2.76. The van der Waals surface area contributed by atoms with Crippen LogP contribution in [0.25, 0.3) is 0 Å². The molecule has 2 atom stereocenters. The molecular weight excluding hydrogens is 234 g/mol. The van der Waals surface area contributed by atoms with Crippen LogP contribution in [0, 0.1) is 6.92 Å². The number of carbonyl (C=O) groups is 1. The van der Waals surface area contributed by atoms with Gasteiger partial charge in [-0.05, 0) is 37.8 Å². The first-order chi connectivity index (χ1) is 8.05. The number of hydrogen-bond acceptors (Lipinski definition) is 4. The zero-order chi connectivity index (χ0) is 12.5. The molecule has 0 saturated carbocycles. The molecule has 3 nitrogen and oxygen atoms in total. The van der Waals surface area contributed by atoms with Gasteiger partial charge >= 0.3 is 0 Å². The van der Waals surface area contributed by atoms with E-state index in [4.69, 9.17) is 4.74 Å². The molecule has 1 fully saturated rings. The molecule has 0 aliphatic carbocycles. The van der Waals surface area contributed by atoms with Crippen molar-refractivity contribution in [1.82, 2.24) is 5.32 Å². The number of hydrogen-bond donors (Lipinski definition) is 1. The van der Waals surface area contributed by atoms with Crippen molar-refractivity contribution in [1.29, 1.82) is 0 Å². The van der Waals surface area contributed by atoms with Gasteiger partial charge in [-0.3, -0.25) is 4.79 Å². The van der Waals surface area contributed by atoms with Gasteiger partial charge in [-0.2, -0.15) is 0 Å². The highest BCUT2D eigenvalue weighted by Gasteiger charge is 2.43. The Hall–Kier alpha value is -0.710. The summed E-state index contributed by atoms with van der Waals surface area (Å²) in [5, 5.41) is 5.39. The summed E-state index contributed by atoms with van der Waals surface area (Å²) < 4.78 is 5.79. The molecule has 0 bridgehead atoms. The maximum absolute atomic E-state index is 12.1. The number of ether oxygens (including phenoxy) is 1. The summed E-state index contributed by atoms with van der Waals surface area (Å²) in [6.45, 7) is 8.00. The molecule has 1 N–H and O–H groups in total. The van der Waals surface area contributed by atoms with Crippen LogP contribution in [0.5, 0.6) is 0 Å². The molecule has 0 radical (unpaired) electrons. The summed E-state index contributed by atoms with van der Waals surface area (Å²) in [5.74, 6) is 0.174. The molecule has 0 spiro atoms. The van der Waals surface area contributed by atoms with E-state index in [1.807, 2.05) is 6.92 Å². The zero-order valence-corrected chi connectivity index (χ0v) is 11.4. The van der Waals surface area contributed by atoms with Crippen molar-refractivity contribution in [2.45, 2.75) is 32.3 Å². The molecule has 2 heterocycles. The molecule has 94 valence electrons. The van der Waals surface area contributed by atoms with E-state index in [1.165, 1.54) is 5.56 Å². The van der Waals surface area contributed by atoms with Gasteiger partial charge in [0, 0.05) is 18.0 Å². The summed E-state index contributed by atoms with van der Waals surface area (Å²) in [6.07, 6.45) is -0.0631. The fraction of sp³-hybridized carbons (Fsp3) is 0.615. The third-order valence-electron chi connectivity index (χ3n) is 3.55. The van der Waals surface area contributed by atoms with Crippen molar-refractivity contribution in [2.24, 2.45) is 0 Å². The third kappa shape index (κ3) is 2.30. The molecule has 1 aromatic heterocycles. The van der Waals surface area contributed by atoms with Gasteiger partial charge in [0.25, 0.3) is 0 Å². The molecule has 17 heavy (non-hydrogen) atoms. The largest absolute Gasteiger partial charge is 0.374 e. The lowest BCUT2D eigenvalue weighted by atomic mass is 9.78. The van der Waals surface area contributed by atoms with Gasteiger partial charge in [0.05, 0.1) is 18.1 Å². The third-order valence-corrected chi connectivity index (χ3v) is 4.83. The highest BCUT2D eigenvalue weighted by atomic mass is 32.1. The predicted octanol–water partition coefficient (Wildman–Crippen LogP) is 1.89. The minimum atomic E-state index is -0.521. The lowest BCUT2D eigenvalue weighted by Gasteiger charge is -2.37. The van der Waals surface area contributed by atoms with E-state index < -0.39 is 5.41 Å². The number of morpholine rings is 1. The lowest BCUT2D eigenvalue weighted by Crippen LogP contribution is -2.52. The molecule has 2 unspecified atom stereocenters. The van der Waals surface area contributed by atoms with Crippen LogP contribution in [-0.2, 0) is 14.9 Å². The van der Waals surface area contributed by atoms with Crippen molar-refractivity contribution in [3.05, 3.63) is 21.9 Å². The van der Waals surface area contributed by atoms with Gasteiger partial charge in [0.15, 0.2) is 0 Å². The van der Waals surface area contributed by atoms with Gasteiger partial charge in [0.2, 0.25) is 0 Å². The van der Waals surface area contributed by atoms with E-state index in [0.29, 0.717) is 6.61 Å². The molecule has 0 aromatic carbocycles. The van der Waals surface area contributed by atoms with E-state index in [-0.39, 0.29) is 11.9 Å². The van der Waals surface area contributed by atoms with E-state index >= 15 is 0 Å². The Morgan fingerprint density at radius 3 is 2.88 bits per heavy atom. The van der Waals surface area contributed by atoms with Crippen LogP contribution in [0.15, 0.2) is 11.4 Å². The Balaban J connectivity index is 2.34. The number of thiophene rings is 1. The molecule has 1 saturated heterocycles. The number of Topliss-reactive ketones (excluding diaryl/α,β-unsaturated/α-hetero) is 1. The van der Waals surface area contributed by atoms with Crippen LogP contribution in [0.4, 0.5) is 0 Å². The van der Waals surface area contributed by atoms with E-state index in [2.05, 4.69) is 23.7 Å². The van der Waals surface area contributed by atoms with Gasteiger partial charge in [-0.25, -0.2) is 0 Å². The van der Waals surface area contributed by atoms with Gasteiger partial charge in [0.1, 0.15) is 5.78 Å². The van der Waals surface area contributed by atoms with Crippen LogP contribution < -0.4 is 5.32 Å². The first-order valence-corrected chi connectivity index (χ1v) is 6.82. The zero-order valence-electron chi connectivity index (χ0n) is 10.6. The maximum Gasteiger partial charge on any atom is 0.143 e. The predicted molar refractivity (Wildman–Crippen MR) is 69.7 cm³/mol. The van der Waals surface area contributed by atoms with Crippen molar-refractivity contribution in [3.63, 3.8) is 0 Å². The first-order valence-electron chi connectivity index (χ1n) is 5.94. The number of ketones is 1. The van der Waals surface area contributed by atoms with Crippen molar-refractivity contribution >= 4 is 17.1 Å². The first kappa shape index (κ1) is 12.7. The second kappa shape index (κ2) is 4.88. The summed E-state index contributed by atoms with van der Waals surface area (Å²) in [7, 11) is 0. The second-order valence-electron chi connectivity index (χ2n) is 4.81. The van der Waals surface area contributed by atoms with Crippen LogP contribution in [0.3, 0.4) is 0 Å². The molecule has 1 aromatic rings. The van der Waals surface area contributed by atoms with Crippen LogP contribution in [0.2, 0.25) is 0 Å². The molecule has 0 amide bonds. The monoisotopic (exact) mass is 253 g/mol. The van der Waals surface area contributed by atoms with Gasteiger partial charge < -0.3 is 10.1 Å². The minimum absolute atomic E-state index is 0.0631. The highest BCUT2D eigenvalue weighted by Crippen LogP contribution is 2.35. The number of carbonyl (C=O) groups excluding carboxylic acids is 1. The van der Waals surface area contributed by atoms with Crippen LogP contribution in [0.1, 0.15) is 24.3 Å². The number of nitrogens with one attached hydrogen (secondary N) is 1. The Labute approximate surface area is 106 Å². The Bertz CT molecular complexity index is 409. The summed E-state index contributed by atoms with van der Waals surface area (Å²) in [4.78, 5) is 13.2. The molecule has 1 aliphatic heterocycles. The van der Waals surface area contributed by atoms with Crippen molar-refractivity contribution in [3.8, 4) is 0 Å². The van der Waals surface area contributed by atoms with E-state index in [1.54, 1.807) is 18.3 Å². The summed E-state index contributed by atoms with van der Waals surface area (Å²) in [5.41, 5.74) is 0.688. The fourth-order valence-corrected chi connectivity index (χ4v) is 3.35. The Kier molecular flexibility index (Phi) is 3.66. The number of rotatable bonds is 3. The van der Waals surface area contributed by atoms with Crippen LogP contribution >= 0.6 is 11.3 Å². The van der Waals surface area contributed by atoms with Crippen molar-refractivity contribution in [2.75, 3.05) is 19.7 Å². The normalized spacial score (nSPS) is 24.3. The topological polar surface area (TPSA) is 38.3 Å². The maximum atomic E-state index is 12.1. The average molecular weight is 253 g/mol. The summed E-state index contributed by atoms with van der Waals surface area (Å²) in [6, 6.07) is 2.10. The second-order valence-corrected chi connectivity index (χ2v) is 5.72. The Morgan fingerprint density at radius 1 is 1.65 bits per heavy atom.